The van der Waals surface area contributed by atoms with Crippen LogP contribution in [-0.4, -0.2) is 54.1 Å². The highest BCUT2D eigenvalue weighted by Crippen LogP contribution is 2.39. The molecule has 1 heterocycles. The molecule has 0 bridgehead atoms. The predicted octanol–water partition coefficient (Wildman–Crippen LogP) is 2.45. The number of hydrogen-bond acceptors (Lipinski definition) is 3. The van der Waals surface area contributed by atoms with E-state index in [0.717, 1.165) is 24.5 Å². The minimum absolute atomic E-state index is 0.249. The summed E-state index contributed by atoms with van der Waals surface area (Å²) < 4.78 is 0. The van der Waals surface area contributed by atoms with Crippen molar-refractivity contribution in [3.63, 3.8) is 0 Å². The molecule has 2 N–H and O–H groups in total. The van der Waals surface area contributed by atoms with Crippen LogP contribution in [0.15, 0.2) is 0 Å². The van der Waals surface area contributed by atoms with Gasteiger partial charge >= 0.3 is 0 Å². The molecule has 0 spiro atoms. The standard InChI is InChI=1S/C17H33N3/c1-14-10-17(12-18,13-20(14)16-8-9-16)19(2)11-15-6-4-3-5-7-15/h14-16H,3-13,18H2,1-2H3. The minimum Gasteiger partial charge on any atom is -0.329 e. The van der Waals surface area contributed by atoms with Gasteiger partial charge in [0.05, 0.1) is 0 Å². The molecule has 3 heteroatoms. The summed E-state index contributed by atoms with van der Waals surface area (Å²) in [5, 5.41) is 0. The molecule has 0 aromatic rings. The van der Waals surface area contributed by atoms with Crippen LogP contribution in [0.5, 0.6) is 0 Å². The Morgan fingerprint density at radius 1 is 1.15 bits per heavy atom. The normalized spacial score (nSPS) is 36.9. The Hall–Kier alpha value is -0.120. The van der Waals surface area contributed by atoms with Crippen molar-refractivity contribution in [3.05, 3.63) is 0 Å². The molecule has 2 unspecified atom stereocenters. The molecule has 116 valence electrons. The average Bonchev–Trinajstić information content (AvgIpc) is 3.24. The Morgan fingerprint density at radius 2 is 1.85 bits per heavy atom. The molecule has 0 aromatic heterocycles. The van der Waals surface area contributed by atoms with Crippen molar-refractivity contribution in [3.8, 4) is 0 Å². The van der Waals surface area contributed by atoms with Gasteiger partial charge in [0.25, 0.3) is 0 Å². The lowest BCUT2D eigenvalue weighted by Gasteiger charge is -2.40. The molecule has 2 atom stereocenters. The van der Waals surface area contributed by atoms with Crippen LogP contribution in [0, 0.1) is 5.92 Å². The Balaban J connectivity index is 1.62. The van der Waals surface area contributed by atoms with Crippen LogP contribution >= 0.6 is 0 Å². The van der Waals surface area contributed by atoms with Crippen LogP contribution < -0.4 is 5.73 Å². The molecular weight excluding hydrogens is 246 g/mol. The zero-order chi connectivity index (χ0) is 14.2. The Labute approximate surface area is 124 Å². The van der Waals surface area contributed by atoms with Crippen molar-refractivity contribution in [1.29, 1.82) is 0 Å². The maximum Gasteiger partial charge on any atom is 0.0470 e. The predicted molar refractivity (Wildman–Crippen MR) is 84.8 cm³/mol. The highest BCUT2D eigenvalue weighted by atomic mass is 15.3. The summed E-state index contributed by atoms with van der Waals surface area (Å²) in [5.74, 6) is 0.919. The first-order chi connectivity index (χ1) is 9.64. The molecule has 1 saturated heterocycles. The lowest BCUT2D eigenvalue weighted by molar-refractivity contribution is 0.0987. The molecule has 3 rings (SSSR count). The van der Waals surface area contributed by atoms with E-state index < -0.39 is 0 Å². The zero-order valence-corrected chi connectivity index (χ0v) is 13.5. The number of nitrogens with zero attached hydrogens (tertiary/aromatic N) is 2. The van der Waals surface area contributed by atoms with E-state index in [0.29, 0.717) is 0 Å². The third-order valence-corrected chi connectivity index (χ3v) is 6.18. The van der Waals surface area contributed by atoms with E-state index in [1.807, 2.05) is 0 Å². The molecular formula is C17H33N3. The fraction of sp³-hybridized carbons (Fsp3) is 1.00. The maximum atomic E-state index is 6.25. The van der Waals surface area contributed by atoms with E-state index in [1.165, 1.54) is 64.5 Å². The van der Waals surface area contributed by atoms with Crippen LogP contribution in [0.4, 0.5) is 0 Å². The van der Waals surface area contributed by atoms with Crippen molar-refractivity contribution in [2.45, 2.75) is 75.9 Å². The van der Waals surface area contributed by atoms with Gasteiger partial charge in [-0.15, -0.1) is 0 Å². The van der Waals surface area contributed by atoms with Crippen LogP contribution in [0.2, 0.25) is 0 Å². The molecule has 0 radical (unpaired) electrons. The lowest BCUT2D eigenvalue weighted by atomic mass is 9.86. The van der Waals surface area contributed by atoms with Gasteiger partial charge in [0, 0.05) is 37.3 Å². The van der Waals surface area contributed by atoms with Crippen LogP contribution in [0.1, 0.15) is 58.3 Å². The third-order valence-electron chi connectivity index (χ3n) is 6.18. The fourth-order valence-corrected chi connectivity index (χ4v) is 4.65. The van der Waals surface area contributed by atoms with Crippen LogP contribution in [0.3, 0.4) is 0 Å². The molecule has 20 heavy (non-hydrogen) atoms. The second-order valence-electron chi connectivity index (χ2n) is 7.77. The van der Waals surface area contributed by atoms with E-state index in [1.54, 1.807) is 0 Å². The highest BCUT2D eigenvalue weighted by Gasteiger charge is 2.48. The topological polar surface area (TPSA) is 32.5 Å². The Bertz CT molecular complexity index is 322. The van der Waals surface area contributed by atoms with Crippen molar-refractivity contribution in [2.24, 2.45) is 11.7 Å². The molecule has 2 saturated carbocycles. The van der Waals surface area contributed by atoms with E-state index in [4.69, 9.17) is 5.73 Å². The highest BCUT2D eigenvalue weighted by molar-refractivity contribution is 5.06. The van der Waals surface area contributed by atoms with Gasteiger partial charge in [-0.1, -0.05) is 19.3 Å². The van der Waals surface area contributed by atoms with E-state index in [-0.39, 0.29) is 5.54 Å². The van der Waals surface area contributed by atoms with Crippen molar-refractivity contribution in [1.82, 2.24) is 9.80 Å². The summed E-state index contributed by atoms with van der Waals surface area (Å²) in [6.45, 7) is 5.70. The molecule has 0 amide bonds. The quantitative estimate of drug-likeness (QED) is 0.839. The number of likely N-dealkylation sites (tertiary alicyclic amines) is 1. The van der Waals surface area contributed by atoms with Crippen molar-refractivity contribution < 1.29 is 0 Å². The third kappa shape index (κ3) is 2.90. The first kappa shape index (κ1) is 14.8. The van der Waals surface area contributed by atoms with Gasteiger partial charge in [-0.25, -0.2) is 0 Å². The molecule has 3 aliphatic rings. The summed E-state index contributed by atoms with van der Waals surface area (Å²) >= 11 is 0. The Morgan fingerprint density at radius 3 is 2.45 bits per heavy atom. The number of hydrogen-bond donors (Lipinski definition) is 1. The van der Waals surface area contributed by atoms with E-state index in [9.17, 15) is 0 Å². The Kier molecular flexibility index (Phi) is 4.40. The summed E-state index contributed by atoms with van der Waals surface area (Å²) in [6.07, 6.45) is 11.3. The van der Waals surface area contributed by atoms with Crippen LogP contribution in [0.25, 0.3) is 0 Å². The van der Waals surface area contributed by atoms with Gasteiger partial charge in [-0.05, 0) is 52.0 Å². The summed E-state index contributed by atoms with van der Waals surface area (Å²) in [6, 6.07) is 1.60. The van der Waals surface area contributed by atoms with Gasteiger partial charge in [0.1, 0.15) is 0 Å². The number of rotatable bonds is 5. The van der Waals surface area contributed by atoms with Gasteiger partial charge in [-0.2, -0.15) is 0 Å². The summed E-state index contributed by atoms with van der Waals surface area (Å²) in [5.41, 5.74) is 6.50. The van der Waals surface area contributed by atoms with Gasteiger partial charge in [0.2, 0.25) is 0 Å². The number of nitrogens with two attached hydrogens (primary N) is 1. The first-order valence-corrected chi connectivity index (χ1v) is 8.82. The lowest BCUT2D eigenvalue weighted by Crippen LogP contribution is -2.55. The zero-order valence-electron chi connectivity index (χ0n) is 13.5. The van der Waals surface area contributed by atoms with Crippen molar-refractivity contribution in [2.75, 3.05) is 26.7 Å². The van der Waals surface area contributed by atoms with Crippen molar-refractivity contribution >= 4 is 0 Å². The van der Waals surface area contributed by atoms with Gasteiger partial charge in [-0.3, -0.25) is 9.80 Å². The monoisotopic (exact) mass is 279 g/mol. The SMILES string of the molecule is CC1CC(CN)(N(C)CC2CCCCC2)CN1C1CC1. The van der Waals surface area contributed by atoms with E-state index >= 15 is 0 Å². The molecule has 0 aromatic carbocycles. The maximum absolute atomic E-state index is 6.25. The second kappa shape index (κ2) is 5.94. The molecule has 1 aliphatic heterocycles. The molecule has 3 nitrogen and oxygen atoms in total. The molecule has 3 fully saturated rings. The summed E-state index contributed by atoms with van der Waals surface area (Å²) in [4.78, 5) is 5.38. The van der Waals surface area contributed by atoms with Gasteiger partial charge < -0.3 is 5.73 Å². The van der Waals surface area contributed by atoms with Gasteiger partial charge in [0.15, 0.2) is 0 Å². The smallest absolute Gasteiger partial charge is 0.0470 e. The average molecular weight is 279 g/mol. The first-order valence-electron chi connectivity index (χ1n) is 8.82. The fourth-order valence-electron chi connectivity index (χ4n) is 4.65. The second-order valence-corrected chi connectivity index (χ2v) is 7.77. The minimum atomic E-state index is 0.249. The molecule has 2 aliphatic carbocycles. The largest absolute Gasteiger partial charge is 0.329 e. The van der Waals surface area contributed by atoms with Crippen LogP contribution in [-0.2, 0) is 0 Å². The number of likely N-dealkylation sites (N-methyl/N-ethyl adjacent to an activating group) is 1. The van der Waals surface area contributed by atoms with E-state index in [2.05, 4.69) is 23.8 Å². The summed E-state index contributed by atoms with van der Waals surface area (Å²) in [7, 11) is 2.34.